The highest BCUT2D eigenvalue weighted by atomic mass is 16.2. The highest BCUT2D eigenvalue weighted by Crippen LogP contribution is 2.32. The van der Waals surface area contributed by atoms with Gasteiger partial charge in [-0.25, -0.2) is 0 Å². The van der Waals surface area contributed by atoms with Crippen LogP contribution in [0.2, 0.25) is 0 Å². The molecule has 5 heteroatoms. The number of para-hydroxylation sites is 2. The van der Waals surface area contributed by atoms with Gasteiger partial charge in [-0.15, -0.1) is 10.2 Å². The molecule has 0 spiro atoms. The molecule has 1 aromatic heterocycles. The molecule has 2 aliphatic heterocycles. The highest BCUT2D eigenvalue weighted by molar-refractivity contribution is 6.05. The van der Waals surface area contributed by atoms with Gasteiger partial charge in [0.25, 0.3) is 5.91 Å². The van der Waals surface area contributed by atoms with Crippen LogP contribution in [0.15, 0.2) is 60.7 Å². The van der Waals surface area contributed by atoms with E-state index >= 15 is 0 Å². The first kappa shape index (κ1) is 16.9. The van der Waals surface area contributed by atoms with E-state index in [1.165, 1.54) is 16.8 Å². The molecule has 28 heavy (non-hydrogen) atoms. The van der Waals surface area contributed by atoms with Crippen molar-refractivity contribution in [2.45, 2.75) is 25.7 Å². The van der Waals surface area contributed by atoms with Crippen LogP contribution < -0.4 is 9.80 Å². The van der Waals surface area contributed by atoms with E-state index in [0.717, 1.165) is 50.3 Å². The van der Waals surface area contributed by atoms with E-state index in [0.29, 0.717) is 5.69 Å². The molecule has 0 aliphatic carbocycles. The quantitative estimate of drug-likeness (QED) is 0.680. The van der Waals surface area contributed by atoms with Crippen molar-refractivity contribution < 1.29 is 4.79 Å². The van der Waals surface area contributed by atoms with Crippen molar-refractivity contribution in [2.75, 3.05) is 22.9 Å². The zero-order chi connectivity index (χ0) is 18.9. The molecule has 0 saturated carbocycles. The van der Waals surface area contributed by atoms with Crippen LogP contribution in [-0.4, -0.2) is 29.2 Å². The second-order valence-electron chi connectivity index (χ2n) is 7.35. The molecular formula is C23H22N4O. The van der Waals surface area contributed by atoms with Crippen molar-refractivity contribution in [3.05, 3.63) is 77.5 Å². The predicted molar refractivity (Wildman–Crippen MR) is 110 cm³/mol. The van der Waals surface area contributed by atoms with E-state index in [1.807, 2.05) is 29.2 Å². The van der Waals surface area contributed by atoms with Gasteiger partial charge in [-0.05, 0) is 61.1 Å². The minimum atomic E-state index is -0.0785. The van der Waals surface area contributed by atoms with E-state index < -0.39 is 0 Å². The van der Waals surface area contributed by atoms with Gasteiger partial charge >= 0.3 is 0 Å². The van der Waals surface area contributed by atoms with Crippen LogP contribution in [0.5, 0.6) is 0 Å². The van der Waals surface area contributed by atoms with Gasteiger partial charge in [0.2, 0.25) is 0 Å². The molecule has 140 valence electrons. The minimum Gasteiger partial charge on any atom is -0.325 e. The molecule has 0 unspecified atom stereocenters. The lowest BCUT2D eigenvalue weighted by Crippen LogP contribution is -2.36. The molecule has 0 saturated heterocycles. The monoisotopic (exact) mass is 370 g/mol. The maximum absolute atomic E-state index is 13.1. The summed E-state index contributed by atoms with van der Waals surface area (Å²) in [6.07, 6.45) is 4.16. The number of hydrogen-bond donors (Lipinski definition) is 0. The van der Waals surface area contributed by atoms with Gasteiger partial charge in [-0.1, -0.05) is 36.4 Å². The molecule has 2 aliphatic rings. The van der Waals surface area contributed by atoms with Gasteiger partial charge in [-0.2, -0.15) is 0 Å². The normalized spacial score (nSPS) is 15.7. The number of carbonyl (C=O) groups is 1. The van der Waals surface area contributed by atoms with Gasteiger partial charge < -0.3 is 9.80 Å². The van der Waals surface area contributed by atoms with Gasteiger partial charge in [-0.3, -0.25) is 4.79 Å². The highest BCUT2D eigenvalue weighted by Gasteiger charge is 2.25. The Hall–Kier alpha value is -3.21. The fourth-order valence-corrected chi connectivity index (χ4v) is 4.24. The first-order valence-electron chi connectivity index (χ1n) is 9.90. The summed E-state index contributed by atoms with van der Waals surface area (Å²) in [5.41, 5.74) is 5.13. The Bertz CT molecular complexity index is 1020. The van der Waals surface area contributed by atoms with Crippen molar-refractivity contribution in [2.24, 2.45) is 0 Å². The minimum absolute atomic E-state index is 0.0785. The number of aryl methyl sites for hydroxylation is 2. The summed E-state index contributed by atoms with van der Waals surface area (Å²) in [4.78, 5) is 17.1. The Balaban J connectivity index is 1.42. The summed E-state index contributed by atoms with van der Waals surface area (Å²) < 4.78 is 0. The molecule has 3 heterocycles. The lowest BCUT2D eigenvalue weighted by molar-refractivity contribution is 0.0979. The van der Waals surface area contributed by atoms with E-state index in [9.17, 15) is 4.79 Å². The summed E-state index contributed by atoms with van der Waals surface area (Å²) >= 11 is 0. The summed E-state index contributed by atoms with van der Waals surface area (Å²) in [7, 11) is 0. The van der Waals surface area contributed by atoms with Crippen LogP contribution in [0, 0.1) is 0 Å². The topological polar surface area (TPSA) is 49.3 Å². The molecule has 5 nitrogen and oxygen atoms in total. The van der Waals surface area contributed by atoms with Crippen LogP contribution in [0.4, 0.5) is 17.2 Å². The Kier molecular flexibility index (Phi) is 4.28. The van der Waals surface area contributed by atoms with E-state index in [2.05, 4.69) is 45.4 Å². The van der Waals surface area contributed by atoms with Crippen molar-refractivity contribution in [3.8, 4) is 0 Å². The number of amides is 1. The van der Waals surface area contributed by atoms with E-state index in [1.54, 1.807) is 6.07 Å². The number of hydrogen-bond acceptors (Lipinski definition) is 4. The van der Waals surface area contributed by atoms with Gasteiger partial charge in [0, 0.05) is 24.5 Å². The van der Waals surface area contributed by atoms with Crippen LogP contribution >= 0.6 is 0 Å². The molecule has 3 aromatic rings. The second-order valence-corrected chi connectivity index (χ2v) is 7.35. The third-order valence-corrected chi connectivity index (χ3v) is 5.61. The molecule has 2 aromatic carbocycles. The lowest BCUT2D eigenvalue weighted by Gasteiger charge is -2.30. The summed E-state index contributed by atoms with van der Waals surface area (Å²) in [5, 5.41) is 8.69. The standard InChI is InChI=1S/C23H22N4O/c28-23(27-16-6-10-18-8-2-4-12-21(18)27)19-13-14-22(25-24-19)26-15-5-9-17-7-1-3-11-20(17)26/h1-4,7-8,11-14H,5-6,9-10,15-16H2. The molecule has 1 amide bonds. The number of benzene rings is 2. The number of nitrogens with zero attached hydrogens (tertiary/aromatic N) is 4. The Morgan fingerprint density at radius 2 is 1.43 bits per heavy atom. The van der Waals surface area contributed by atoms with Gasteiger partial charge in [0.1, 0.15) is 0 Å². The van der Waals surface area contributed by atoms with E-state index in [4.69, 9.17) is 0 Å². The van der Waals surface area contributed by atoms with Crippen molar-refractivity contribution in [3.63, 3.8) is 0 Å². The SMILES string of the molecule is O=C(c1ccc(N2CCCc3ccccc32)nn1)N1CCCc2ccccc21. The van der Waals surface area contributed by atoms with Crippen LogP contribution in [0.1, 0.15) is 34.5 Å². The number of aromatic nitrogens is 2. The number of carbonyl (C=O) groups excluding carboxylic acids is 1. The fraction of sp³-hybridized carbons (Fsp3) is 0.261. The average molecular weight is 370 g/mol. The molecule has 0 radical (unpaired) electrons. The zero-order valence-electron chi connectivity index (χ0n) is 15.7. The number of anilines is 3. The molecule has 0 atom stereocenters. The summed E-state index contributed by atoms with van der Waals surface area (Å²) in [5.74, 6) is 0.716. The maximum Gasteiger partial charge on any atom is 0.278 e. The number of rotatable bonds is 2. The molecule has 0 N–H and O–H groups in total. The first-order valence-corrected chi connectivity index (χ1v) is 9.90. The lowest BCUT2D eigenvalue weighted by atomic mass is 10.0. The largest absolute Gasteiger partial charge is 0.325 e. The Labute approximate surface area is 164 Å². The third kappa shape index (κ3) is 2.93. The van der Waals surface area contributed by atoms with Crippen LogP contribution in [-0.2, 0) is 12.8 Å². The van der Waals surface area contributed by atoms with Gasteiger partial charge in [0.05, 0.1) is 0 Å². The summed E-state index contributed by atoms with van der Waals surface area (Å²) in [6.45, 7) is 1.64. The van der Waals surface area contributed by atoms with Crippen molar-refractivity contribution in [1.29, 1.82) is 0 Å². The predicted octanol–water partition coefficient (Wildman–Crippen LogP) is 4.15. The molecular weight excluding hydrogens is 348 g/mol. The molecule has 0 fully saturated rings. The maximum atomic E-state index is 13.1. The second kappa shape index (κ2) is 7.08. The van der Waals surface area contributed by atoms with Crippen LogP contribution in [0.3, 0.4) is 0 Å². The molecule has 5 rings (SSSR count). The smallest absolute Gasteiger partial charge is 0.278 e. The first-order chi connectivity index (χ1) is 13.8. The Morgan fingerprint density at radius 3 is 2.18 bits per heavy atom. The van der Waals surface area contributed by atoms with Gasteiger partial charge in [0.15, 0.2) is 11.5 Å². The fourth-order valence-electron chi connectivity index (χ4n) is 4.24. The van der Waals surface area contributed by atoms with Crippen molar-refractivity contribution >= 4 is 23.1 Å². The van der Waals surface area contributed by atoms with E-state index in [-0.39, 0.29) is 5.91 Å². The van der Waals surface area contributed by atoms with Crippen LogP contribution in [0.25, 0.3) is 0 Å². The summed E-state index contributed by atoms with van der Waals surface area (Å²) in [6, 6.07) is 20.3. The zero-order valence-corrected chi connectivity index (χ0v) is 15.7. The Morgan fingerprint density at radius 1 is 0.750 bits per heavy atom. The number of fused-ring (bicyclic) bond motifs is 2. The average Bonchev–Trinajstić information content (AvgIpc) is 2.78. The third-order valence-electron chi connectivity index (χ3n) is 5.61. The molecule has 0 bridgehead atoms. The van der Waals surface area contributed by atoms with Crippen molar-refractivity contribution in [1.82, 2.24) is 10.2 Å².